The van der Waals surface area contributed by atoms with Crippen molar-refractivity contribution in [3.8, 4) is 0 Å². The Morgan fingerprint density at radius 1 is 1.13 bits per heavy atom. The summed E-state index contributed by atoms with van der Waals surface area (Å²) in [5.74, 6) is -0.00491. The maximum atomic E-state index is 12.5. The molecule has 1 aromatic carbocycles. The van der Waals surface area contributed by atoms with Gasteiger partial charge in [-0.2, -0.15) is 5.10 Å². The Kier molecular flexibility index (Phi) is 5.52. The van der Waals surface area contributed by atoms with E-state index in [1.165, 1.54) is 0 Å². The molecule has 1 aromatic heterocycles. The maximum Gasteiger partial charge on any atom is 0.251 e. The summed E-state index contributed by atoms with van der Waals surface area (Å²) >= 11 is 0. The molecule has 2 aliphatic rings. The summed E-state index contributed by atoms with van der Waals surface area (Å²) in [6.07, 6.45) is 7.41. The average molecular weight is 420 g/mol. The molecule has 2 aromatic rings. The Morgan fingerprint density at radius 3 is 2.61 bits per heavy atom. The molecule has 1 saturated carbocycles. The van der Waals surface area contributed by atoms with Crippen LogP contribution < -0.4 is 15.6 Å². The van der Waals surface area contributed by atoms with Crippen LogP contribution in [0.2, 0.25) is 0 Å². The van der Waals surface area contributed by atoms with E-state index in [2.05, 4.69) is 27.6 Å². The first-order valence-electron chi connectivity index (χ1n) is 10.7. The number of pyridine rings is 1. The van der Waals surface area contributed by atoms with E-state index in [4.69, 9.17) is 0 Å². The fourth-order valence-corrected chi connectivity index (χ4v) is 3.43. The van der Waals surface area contributed by atoms with Crippen LogP contribution in [-0.4, -0.2) is 35.6 Å². The first-order valence-corrected chi connectivity index (χ1v) is 10.7. The third-order valence-electron chi connectivity index (χ3n) is 5.57. The lowest BCUT2D eigenvalue weighted by Gasteiger charge is -2.20. The molecule has 31 heavy (non-hydrogen) atoms. The molecule has 2 heterocycles. The highest BCUT2D eigenvalue weighted by Crippen LogP contribution is 2.29. The Morgan fingerprint density at radius 2 is 1.90 bits per heavy atom. The summed E-state index contributed by atoms with van der Waals surface area (Å²) in [6.45, 7) is 8.31. The van der Waals surface area contributed by atoms with Gasteiger partial charge in [-0.1, -0.05) is 26.8 Å². The number of nitrogens with zero attached hydrogens (tertiary/aromatic N) is 3. The molecule has 2 amide bonds. The highest BCUT2D eigenvalue weighted by atomic mass is 16.2. The van der Waals surface area contributed by atoms with Crippen molar-refractivity contribution in [2.45, 2.75) is 52.5 Å². The van der Waals surface area contributed by atoms with E-state index < -0.39 is 5.41 Å². The SMILES string of the molecule is Cc1ccc(C(=O)NC2CC2)cc1C1C=NN(c2cncc(NC(=O)C(C)(C)C)c2)C1. The van der Waals surface area contributed by atoms with Gasteiger partial charge >= 0.3 is 0 Å². The van der Waals surface area contributed by atoms with Crippen molar-refractivity contribution in [1.29, 1.82) is 0 Å². The van der Waals surface area contributed by atoms with Crippen LogP contribution in [0.5, 0.6) is 0 Å². The summed E-state index contributed by atoms with van der Waals surface area (Å²) in [4.78, 5) is 29.0. The molecular formula is C24H29N5O2. The van der Waals surface area contributed by atoms with E-state index in [1.807, 2.05) is 56.3 Å². The number of nitrogens with one attached hydrogen (secondary N) is 2. The van der Waals surface area contributed by atoms with Crippen molar-refractivity contribution < 1.29 is 9.59 Å². The summed E-state index contributed by atoms with van der Waals surface area (Å²) in [5, 5.41) is 12.4. The standard InChI is InChI=1S/C24H29N5O2/c1-15-5-6-16(22(30)27-18-7-8-18)9-21(15)17-11-26-29(14-17)20-10-19(12-25-13-20)28-23(31)24(2,3)4/h5-6,9-13,17-18H,7-8,14H2,1-4H3,(H,27,30)(H,28,31). The molecule has 7 heteroatoms. The molecule has 2 N–H and O–H groups in total. The third kappa shape index (κ3) is 4.93. The van der Waals surface area contributed by atoms with Crippen molar-refractivity contribution in [3.05, 3.63) is 53.3 Å². The second-order valence-electron chi connectivity index (χ2n) is 9.41. The first kappa shape index (κ1) is 21.0. The quantitative estimate of drug-likeness (QED) is 0.771. The van der Waals surface area contributed by atoms with Crippen molar-refractivity contribution in [1.82, 2.24) is 10.3 Å². The molecule has 1 unspecified atom stereocenters. The molecule has 1 fully saturated rings. The van der Waals surface area contributed by atoms with E-state index in [9.17, 15) is 9.59 Å². The summed E-state index contributed by atoms with van der Waals surface area (Å²) < 4.78 is 0. The lowest BCUT2D eigenvalue weighted by atomic mass is 9.94. The van der Waals surface area contributed by atoms with Gasteiger partial charge in [0.1, 0.15) is 0 Å². The Bertz CT molecular complexity index is 1040. The monoisotopic (exact) mass is 419 g/mol. The van der Waals surface area contributed by atoms with Crippen LogP contribution in [0.15, 0.2) is 41.8 Å². The second kappa shape index (κ2) is 8.13. The predicted molar refractivity (Wildman–Crippen MR) is 123 cm³/mol. The number of carbonyl (C=O) groups excluding carboxylic acids is 2. The van der Waals surface area contributed by atoms with Crippen LogP contribution in [0.4, 0.5) is 11.4 Å². The number of amides is 2. The number of aromatic nitrogens is 1. The summed E-state index contributed by atoms with van der Waals surface area (Å²) in [5.41, 5.74) is 3.89. The van der Waals surface area contributed by atoms with Gasteiger partial charge in [-0.15, -0.1) is 0 Å². The minimum absolute atomic E-state index is 0.0120. The molecule has 1 atom stereocenters. The van der Waals surface area contributed by atoms with Crippen LogP contribution >= 0.6 is 0 Å². The number of aryl methyl sites for hydroxylation is 1. The van der Waals surface area contributed by atoms with Crippen LogP contribution in [0.3, 0.4) is 0 Å². The van der Waals surface area contributed by atoms with E-state index in [1.54, 1.807) is 12.4 Å². The Labute approximate surface area is 182 Å². The van der Waals surface area contributed by atoms with Gasteiger partial charge in [0.25, 0.3) is 5.91 Å². The highest BCUT2D eigenvalue weighted by Gasteiger charge is 2.26. The largest absolute Gasteiger partial charge is 0.349 e. The molecule has 0 radical (unpaired) electrons. The lowest BCUT2D eigenvalue weighted by Crippen LogP contribution is -2.27. The minimum Gasteiger partial charge on any atom is -0.349 e. The molecular weight excluding hydrogens is 390 g/mol. The zero-order chi connectivity index (χ0) is 22.2. The normalized spacial score (nSPS) is 18.2. The van der Waals surface area contributed by atoms with Crippen molar-refractivity contribution in [2.75, 3.05) is 16.9 Å². The number of carbonyl (C=O) groups is 2. The fraction of sp³-hybridized carbons (Fsp3) is 0.417. The van der Waals surface area contributed by atoms with Gasteiger partial charge < -0.3 is 10.6 Å². The van der Waals surface area contributed by atoms with E-state index in [0.717, 1.165) is 29.7 Å². The second-order valence-corrected chi connectivity index (χ2v) is 9.41. The predicted octanol–water partition coefficient (Wildman–Crippen LogP) is 3.86. The average Bonchev–Trinajstić information content (AvgIpc) is 3.39. The van der Waals surface area contributed by atoms with Crippen LogP contribution in [0.1, 0.15) is 61.0 Å². The Balaban J connectivity index is 1.47. The number of hydrazone groups is 1. The van der Waals surface area contributed by atoms with Crippen LogP contribution in [0, 0.1) is 12.3 Å². The number of hydrogen-bond donors (Lipinski definition) is 2. The van der Waals surface area contributed by atoms with E-state index in [-0.39, 0.29) is 17.7 Å². The minimum atomic E-state index is -0.485. The van der Waals surface area contributed by atoms with Gasteiger partial charge in [0.2, 0.25) is 5.91 Å². The van der Waals surface area contributed by atoms with Gasteiger partial charge in [0, 0.05) is 29.2 Å². The zero-order valence-corrected chi connectivity index (χ0v) is 18.5. The number of rotatable bonds is 5. The number of anilines is 2. The first-order chi connectivity index (χ1) is 14.7. The highest BCUT2D eigenvalue weighted by molar-refractivity contribution is 5.95. The summed E-state index contributed by atoms with van der Waals surface area (Å²) in [7, 11) is 0. The fourth-order valence-electron chi connectivity index (χ4n) is 3.43. The smallest absolute Gasteiger partial charge is 0.251 e. The van der Waals surface area contributed by atoms with Gasteiger partial charge in [0.15, 0.2) is 0 Å². The molecule has 4 rings (SSSR count). The van der Waals surface area contributed by atoms with Crippen molar-refractivity contribution in [3.63, 3.8) is 0 Å². The van der Waals surface area contributed by atoms with Crippen LogP contribution in [-0.2, 0) is 4.79 Å². The van der Waals surface area contributed by atoms with Gasteiger partial charge in [0.05, 0.1) is 30.3 Å². The van der Waals surface area contributed by atoms with Gasteiger partial charge in [-0.3, -0.25) is 19.6 Å². The lowest BCUT2D eigenvalue weighted by molar-refractivity contribution is -0.123. The van der Waals surface area contributed by atoms with E-state index in [0.29, 0.717) is 23.8 Å². The molecule has 0 bridgehead atoms. The van der Waals surface area contributed by atoms with Gasteiger partial charge in [-0.25, -0.2) is 0 Å². The molecule has 0 spiro atoms. The molecule has 162 valence electrons. The Hall–Kier alpha value is -3.22. The number of benzene rings is 1. The third-order valence-corrected chi connectivity index (χ3v) is 5.57. The summed E-state index contributed by atoms with van der Waals surface area (Å²) in [6, 6.07) is 8.07. The van der Waals surface area contributed by atoms with Crippen LogP contribution in [0.25, 0.3) is 0 Å². The zero-order valence-electron chi connectivity index (χ0n) is 18.5. The van der Waals surface area contributed by atoms with Gasteiger partial charge in [-0.05, 0) is 49.1 Å². The molecule has 0 saturated heterocycles. The van der Waals surface area contributed by atoms with E-state index >= 15 is 0 Å². The maximum absolute atomic E-state index is 12.5. The van der Waals surface area contributed by atoms with Crippen molar-refractivity contribution >= 4 is 29.4 Å². The topological polar surface area (TPSA) is 86.7 Å². The molecule has 7 nitrogen and oxygen atoms in total. The van der Waals surface area contributed by atoms with Crippen molar-refractivity contribution in [2.24, 2.45) is 10.5 Å². The molecule has 1 aliphatic heterocycles. The number of hydrogen-bond acceptors (Lipinski definition) is 5. The molecule has 1 aliphatic carbocycles.